The van der Waals surface area contributed by atoms with Gasteiger partial charge >= 0.3 is 0 Å². The third-order valence-electron chi connectivity index (χ3n) is 2.37. The molecule has 2 unspecified atom stereocenters. The van der Waals surface area contributed by atoms with Crippen LogP contribution in [0.2, 0.25) is 0 Å². The van der Waals surface area contributed by atoms with E-state index in [1.54, 1.807) is 31.3 Å². The maximum absolute atomic E-state index is 9.86. The smallest absolute Gasteiger partial charge is 0.119 e. The minimum Gasteiger partial charge on any atom is -0.491 e. The van der Waals surface area contributed by atoms with Crippen molar-refractivity contribution in [2.75, 3.05) is 13.6 Å². The first-order valence-electron chi connectivity index (χ1n) is 5.82. The molecule has 0 aliphatic heterocycles. The number of rotatable bonds is 6. The number of aliphatic hydroxyl groups is 2. The van der Waals surface area contributed by atoms with Crippen molar-refractivity contribution in [3.63, 3.8) is 0 Å². The molecule has 0 spiro atoms. The maximum atomic E-state index is 9.86. The lowest BCUT2D eigenvalue weighted by atomic mass is 10.0. The van der Waals surface area contributed by atoms with Gasteiger partial charge in [0.15, 0.2) is 0 Å². The lowest BCUT2D eigenvalue weighted by Crippen LogP contribution is -2.29. The highest BCUT2D eigenvalue weighted by Gasteiger charge is 2.17. The van der Waals surface area contributed by atoms with E-state index in [1.165, 1.54) is 0 Å². The van der Waals surface area contributed by atoms with Crippen LogP contribution in [-0.4, -0.2) is 36.0 Å². The fourth-order valence-corrected chi connectivity index (χ4v) is 1.56. The van der Waals surface area contributed by atoms with Crippen molar-refractivity contribution in [1.29, 1.82) is 0 Å². The number of hydrogen-bond donors (Lipinski definition) is 3. The van der Waals surface area contributed by atoms with Crippen LogP contribution < -0.4 is 10.1 Å². The normalized spacial score (nSPS) is 14.7. The Kier molecular flexibility index (Phi) is 5.41. The Morgan fingerprint density at radius 1 is 1.18 bits per heavy atom. The molecule has 0 bridgehead atoms. The minimum atomic E-state index is -0.879. The molecule has 0 saturated heterocycles. The molecular formula is C13H21NO3. The van der Waals surface area contributed by atoms with Crippen molar-refractivity contribution in [2.24, 2.45) is 0 Å². The SMILES string of the molecule is CNCC(O)C(O)c1ccc(OC(C)C)cc1. The van der Waals surface area contributed by atoms with Crippen LogP contribution in [0.5, 0.6) is 5.75 Å². The molecule has 96 valence electrons. The van der Waals surface area contributed by atoms with E-state index < -0.39 is 12.2 Å². The monoisotopic (exact) mass is 239 g/mol. The quantitative estimate of drug-likeness (QED) is 0.695. The zero-order chi connectivity index (χ0) is 12.8. The molecule has 0 aromatic heterocycles. The van der Waals surface area contributed by atoms with Gasteiger partial charge in [0.05, 0.1) is 12.2 Å². The molecule has 1 rings (SSSR count). The fourth-order valence-electron chi connectivity index (χ4n) is 1.56. The van der Waals surface area contributed by atoms with Gasteiger partial charge in [-0.2, -0.15) is 0 Å². The van der Waals surface area contributed by atoms with Gasteiger partial charge in [-0.15, -0.1) is 0 Å². The van der Waals surface area contributed by atoms with Gasteiger partial charge < -0.3 is 20.3 Å². The molecule has 0 fully saturated rings. The van der Waals surface area contributed by atoms with Gasteiger partial charge in [-0.05, 0) is 38.6 Å². The van der Waals surface area contributed by atoms with Crippen molar-refractivity contribution in [1.82, 2.24) is 5.32 Å². The summed E-state index contributed by atoms with van der Waals surface area (Å²) in [7, 11) is 1.73. The highest BCUT2D eigenvalue weighted by Crippen LogP contribution is 2.20. The molecule has 4 heteroatoms. The van der Waals surface area contributed by atoms with E-state index in [1.807, 2.05) is 13.8 Å². The van der Waals surface area contributed by atoms with Gasteiger partial charge in [-0.1, -0.05) is 12.1 Å². The van der Waals surface area contributed by atoms with Gasteiger partial charge in [0.2, 0.25) is 0 Å². The van der Waals surface area contributed by atoms with Crippen LogP contribution in [0, 0.1) is 0 Å². The second-order valence-electron chi connectivity index (χ2n) is 4.31. The Labute approximate surface area is 102 Å². The molecule has 17 heavy (non-hydrogen) atoms. The number of hydrogen-bond acceptors (Lipinski definition) is 4. The molecule has 0 aliphatic carbocycles. The van der Waals surface area contributed by atoms with Gasteiger partial charge in [0.25, 0.3) is 0 Å². The van der Waals surface area contributed by atoms with Crippen molar-refractivity contribution in [3.8, 4) is 5.75 Å². The number of benzene rings is 1. The highest BCUT2D eigenvalue weighted by atomic mass is 16.5. The third-order valence-corrected chi connectivity index (χ3v) is 2.37. The summed E-state index contributed by atoms with van der Waals surface area (Å²) in [5.74, 6) is 0.763. The fraction of sp³-hybridized carbons (Fsp3) is 0.538. The van der Waals surface area contributed by atoms with Crippen LogP contribution in [0.3, 0.4) is 0 Å². The first-order chi connectivity index (χ1) is 8.04. The summed E-state index contributed by atoms with van der Waals surface area (Å²) in [6.07, 6.45) is -1.56. The Balaban J connectivity index is 2.66. The zero-order valence-electron chi connectivity index (χ0n) is 10.6. The molecule has 2 atom stereocenters. The third kappa shape index (κ3) is 4.34. The van der Waals surface area contributed by atoms with E-state index in [0.29, 0.717) is 12.1 Å². The minimum absolute atomic E-state index is 0.126. The van der Waals surface area contributed by atoms with Crippen LogP contribution in [0.15, 0.2) is 24.3 Å². The van der Waals surface area contributed by atoms with E-state index in [0.717, 1.165) is 5.75 Å². The molecule has 3 N–H and O–H groups in total. The van der Waals surface area contributed by atoms with E-state index >= 15 is 0 Å². The van der Waals surface area contributed by atoms with Gasteiger partial charge in [0, 0.05) is 6.54 Å². The predicted molar refractivity (Wildman–Crippen MR) is 67.1 cm³/mol. The Bertz CT molecular complexity index is 324. The number of likely N-dealkylation sites (N-methyl/N-ethyl adjacent to an activating group) is 1. The Hall–Kier alpha value is -1.10. The molecule has 0 saturated carbocycles. The summed E-state index contributed by atoms with van der Waals surface area (Å²) in [4.78, 5) is 0. The molecule has 0 aliphatic rings. The van der Waals surface area contributed by atoms with Gasteiger partial charge in [-0.3, -0.25) is 0 Å². The van der Waals surface area contributed by atoms with Crippen molar-refractivity contribution in [2.45, 2.75) is 32.2 Å². The first-order valence-corrected chi connectivity index (χ1v) is 5.82. The lowest BCUT2D eigenvalue weighted by Gasteiger charge is -2.18. The molecule has 4 nitrogen and oxygen atoms in total. The van der Waals surface area contributed by atoms with E-state index in [-0.39, 0.29) is 6.10 Å². The molecule has 0 heterocycles. The second-order valence-corrected chi connectivity index (χ2v) is 4.31. The molecule has 0 amide bonds. The molecular weight excluding hydrogens is 218 g/mol. The summed E-state index contributed by atoms with van der Waals surface area (Å²) in [6.45, 7) is 4.27. The van der Waals surface area contributed by atoms with Crippen molar-refractivity contribution >= 4 is 0 Å². The molecule has 0 radical (unpaired) electrons. The number of ether oxygens (including phenoxy) is 1. The summed E-state index contributed by atoms with van der Waals surface area (Å²) in [6, 6.07) is 7.12. The first kappa shape index (κ1) is 14.0. The van der Waals surface area contributed by atoms with Crippen LogP contribution in [0.1, 0.15) is 25.5 Å². The Morgan fingerprint density at radius 3 is 2.24 bits per heavy atom. The largest absolute Gasteiger partial charge is 0.491 e. The molecule has 1 aromatic carbocycles. The summed E-state index contributed by atoms with van der Waals surface area (Å²) in [5, 5.41) is 22.3. The lowest BCUT2D eigenvalue weighted by molar-refractivity contribution is 0.0202. The van der Waals surface area contributed by atoms with Crippen LogP contribution in [0.25, 0.3) is 0 Å². The van der Waals surface area contributed by atoms with Crippen molar-refractivity contribution < 1.29 is 14.9 Å². The van der Waals surface area contributed by atoms with E-state index in [9.17, 15) is 10.2 Å². The number of nitrogens with one attached hydrogen (secondary N) is 1. The topological polar surface area (TPSA) is 61.7 Å². The average Bonchev–Trinajstić information content (AvgIpc) is 2.28. The second kappa shape index (κ2) is 6.59. The van der Waals surface area contributed by atoms with Crippen LogP contribution >= 0.6 is 0 Å². The van der Waals surface area contributed by atoms with E-state index in [2.05, 4.69) is 5.32 Å². The van der Waals surface area contributed by atoms with Crippen molar-refractivity contribution in [3.05, 3.63) is 29.8 Å². The average molecular weight is 239 g/mol. The molecule has 1 aromatic rings. The van der Waals surface area contributed by atoms with Crippen LogP contribution in [-0.2, 0) is 0 Å². The summed E-state index contributed by atoms with van der Waals surface area (Å²) >= 11 is 0. The summed E-state index contributed by atoms with van der Waals surface area (Å²) < 4.78 is 5.50. The van der Waals surface area contributed by atoms with Gasteiger partial charge in [0.1, 0.15) is 11.9 Å². The summed E-state index contributed by atoms with van der Waals surface area (Å²) in [5.41, 5.74) is 0.684. The standard InChI is InChI=1S/C13H21NO3/c1-9(2)17-11-6-4-10(5-7-11)13(16)12(15)8-14-3/h4-7,9,12-16H,8H2,1-3H3. The van der Waals surface area contributed by atoms with Gasteiger partial charge in [-0.25, -0.2) is 0 Å². The van der Waals surface area contributed by atoms with Crippen LogP contribution in [0.4, 0.5) is 0 Å². The predicted octanol–water partition coefficient (Wildman–Crippen LogP) is 1.09. The van der Waals surface area contributed by atoms with E-state index in [4.69, 9.17) is 4.74 Å². The Morgan fingerprint density at radius 2 is 1.76 bits per heavy atom. The maximum Gasteiger partial charge on any atom is 0.119 e. The number of aliphatic hydroxyl groups excluding tert-OH is 2. The highest BCUT2D eigenvalue weighted by molar-refractivity contribution is 5.29. The zero-order valence-corrected chi connectivity index (χ0v) is 10.6.